The van der Waals surface area contributed by atoms with Gasteiger partial charge in [0.25, 0.3) is 0 Å². The zero-order valence-electron chi connectivity index (χ0n) is 71.9. The lowest BCUT2D eigenvalue weighted by atomic mass is 9.33. The van der Waals surface area contributed by atoms with Crippen molar-refractivity contribution in [3.63, 3.8) is 0 Å². The van der Waals surface area contributed by atoms with Crippen LogP contribution >= 0.6 is 0 Å². The summed E-state index contributed by atoms with van der Waals surface area (Å²) in [5.74, 6) is -2.67. The lowest BCUT2D eigenvalue weighted by Gasteiger charge is -2.71. The van der Waals surface area contributed by atoms with Crippen molar-refractivity contribution in [1.29, 1.82) is 0 Å². The summed E-state index contributed by atoms with van der Waals surface area (Å²) in [6.07, 6.45) is -56.6. The molecule has 0 aromatic carbocycles. The molecule has 4 saturated carbocycles. The maximum absolute atomic E-state index is 16.0. The van der Waals surface area contributed by atoms with Crippen LogP contribution in [0, 0.1) is 50.2 Å². The molecule has 0 aromatic rings. The van der Waals surface area contributed by atoms with Crippen LogP contribution in [0.2, 0.25) is 0 Å². The summed E-state index contributed by atoms with van der Waals surface area (Å²) >= 11 is 0. The molecule has 46 atom stereocenters. The van der Waals surface area contributed by atoms with Crippen LogP contribution < -0.4 is 0 Å². The smallest absolute Gasteiger partial charge is 0.333 e. The third kappa shape index (κ3) is 18.7. The molecule has 13 rings (SSSR count). The fourth-order valence-electron chi connectivity index (χ4n) is 22.5. The van der Waals surface area contributed by atoms with Gasteiger partial charge in [-0.15, -0.1) is 6.58 Å². The molecule has 13 aliphatic rings. The highest BCUT2D eigenvalue weighted by Gasteiger charge is 2.73. The van der Waals surface area contributed by atoms with E-state index in [4.69, 9.17) is 80.5 Å². The largest absolute Gasteiger partial charge is 0.453 e. The molecule has 8 saturated heterocycles. The summed E-state index contributed by atoms with van der Waals surface area (Å²) in [4.78, 5) is 30.4. The summed E-state index contributed by atoms with van der Waals surface area (Å²) in [6, 6.07) is 0. The Bertz CT molecular complexity index is 3700. The number of rotatable bonds is 25. The summed E-state index contributed by atoms with van der Waals surface area (Å²) in [5, 5.41) is 245. The van der Waals surface area contributed by atoms with Gasteiger partial charge in [-0.25, -0.2) is 4.79 Å². The van der Waals surface area contributed by atoms with Gasteiger partial charge in [-0.1, -0.05) is 72.3 Å². The monoisotopic (exact) mass is 1800 g/mol. The van der Waals surface area contributed by atoms with Crippen molar-refractivity contribution in [3.8, 4) is 0 Å². The average Bonchev–Trinajstić information content (AvgIpc) is 0.669. The number of carbonyl (C=O) groups excluding carboxylic acids is 2. The Kier molecular flexibility index (Phi) is 30.6. The number of ether oxygens (including phenoxy) is 17. The predicted octanol–water partition coefficient (Wildman–Crippen LogP) is -5.97. The second-order valence-corrected chi connectivity index (χ2v) is 39.2. The van der Waals surface area contributed by atoms with Gasteiger partial charge < -0.3 is 193 Å². The van der Waals surface area contributed by atoms with Gasteiger partial charge in [-0.05, 0) is 136 Å². The first-order valence-electron chi connectivity index (χ1n) is 43.6. The molecule has 46 unspecified atom stereocenters. The number of aliphatic hydroxyl groups is 22. The van der Waals surface area contributed by atoms with E-state index >= 15 is 4.79 Å². The minimum absolute atomic E-state index is 0.0145. The maximum atomic E-state index is 16.0. The topological polar surface area (TPSA) is 636 Å². The van der Waals surface area contributed by atoms with Crippen LogP contribution in [0.5, 0.6) is 0 Å². The van der Waals surface area contributed by atoms with Crippen LogP contribution in [0.1, 0.15) is 140 Å². The molecular formula is C84H134O41. The van der Waals surface area contributed by atoms with Crippen molar-refractivity contribution < 1.29 is 202 Å². The van der Waals surface area contributed by atoms with Gasteiger partial charge in [0.15, 0.2) is 56.2 Å². The first-order valence-corrected chi connectivity index (χ1v) is 43.6. The van der Waals surface area contributed by atoms with E-state index in [9.17, 15) is 117 Å². The zero-order valence-corrected chi connectivity index (χ0v) is 71.9. The first kappa shape index (κ1) is 99.2. The summed E-state index contributed by atoms with van der Waals surface area (Å²) in [7, 11) is 0. The number of carbonyl (C=O) groups is 2. The van der Waals surface area contributed by atoms with Gasteiger partial charge in [-0.2, -0.15) is 0 Å². The Morgan fingerprint density at radius 2 is 0.992 bits per heavy atom. The van der Waals surface area contributed by atoms with Crippen LogP contribution in [0.3, 0.4) is 0 Å². The van der Waals surface area contributed by atoms with Crippen molar-refractivity contribution in [2.75, 3.05) is 46.2 Å². The molecule has 8 aliphatic heterocycles. The van der Waals surface area contributed by atoms with E-state index in [1.807, 2.05) is 0 Å². The maximum Gasteiger partial charge on any atom is 0.333 e. The fourth-order valence-corrected chi connectivity index (χ4v) is 22.5. The van der Waals surface area contributed by atoms with Gasteiger partial charge >= 0.3 is 11.9 Å². The highest BCUT2D eigenvalue weighted by Crippen LogP contribution is 2.76. The lowest BCUT2D eigenvalue weighted by molar-refractivity contribution is -0.383. The summed E-state index contributed by atoms with van der Waals surface area (Å²) < 4.78 is 102. The molecule has 0 amide bonds. The molecule has 22 N–H and O–H groups in total. The second kappa shape index (κ2) is 38.6. The van der Waals surface area contributed by atoms with E-state index < -0.39 is 336 Å². The quantitative estimate of drug-likeness (QED) is 0.0175. The standard InChI is InChI=1S/C84H134O41/c1-12-80(8,108)19-13-14-33(2)68(106)120-65-42(117-70-61(104)66(43(32-111-70)118-74-57(100)53(96)50(93)39(26-85)114-74)122-71-59(102)63(38(89)30-110-71)121-73-56(99)52(95)48(91)34(3)113-73)31-112-72(60(65)103)125-77(107)84-23-22-78(4,5)24-36(84)35-15-16-45-81(9)20-18-47(79(6,7)44(81)17-21-82(45,10)83(35,11)25-46(84)90)119-75-58(101)54(97)64(41(28-87)116-75)123-76-62(105)67(51(94)40(27-86)115-76)124-69-55(98)49(92)37(88)29-109-69/h12,14-15,34,36-67,69-76,85-105,108H,1,13,16-32H2,2-11H3/b33-14-. The normalized spacial score (nSPS) is 51.2. The number of esters is 2. The molecule has 0 radical (unpaired) electrons. The highest BCUT2D eigenvalue weighted by atomic mass is 16.8. The predicted molar refractivity (Wildman–Crippen MR) is 417 cm³/mol. The van der Waals surface area contributed by atoms with Crippen LogP contribution in [0.25, 0.3) is 0 Å². The molecule has 41 nitrogen and oxygen atoms in total. The van der Waals surface area contributed by atoms with Crippen molar-refractivity contribution in [1.82, 2.24) is 0 Å². The first-order chi connectivity index (χ1) is 58.7. The van der Waals surface area contributed by atoms with E-state index in [-0.39, 0.29) is 43.1 Å². The summed E-state index contributed by atoms with van der Waals surface area (Å²) in [6.45, 7) is 17.9. The molecule has 125 heavy (non-hydrogen) atoms. The molecule has 0 aromatic heterocycles. The Morgan fingerprint density at radius 1 is 0.488 bits per heavy atom. The van der Waals surface area contributed by atoms with Gasteiger partial charge in [-0.3, -0.25) is 4.79 Å². The minimum Gasteiger partial charge on any atom is -0.453 e. The second-order valence-electron chi connectivity index (χ2n) is 39.2. The molecule has 41 heteroatoms. The molecule has 8 heterocycles. The highest BCUT2D eigenvalue weighted by molar-refractivity contribution is 5.88. The average molecular weight is 1800 g/mol. The zero-order chi connectivity index (χ0) is 91.4. The number of fused-ring (bicyclic) bond motifs is 7. The SMILES string of the molecule is C=CC(C)(O)CC/C=C(/C)C(=O)OC1C(OC2OCC(OC3OC(CO)C(O)C(O)C3O)C(OC3OCC(O)C(OC4OC(C)C(O)C(O)C4O)C3O)C2O)COC(OC(=O)C23CCC(C)(C)CC2C2=CCC4C5(C)CCC(OC6OC(CO)C(OC7OC(CO)C(O)C(OC8OCC(O)C(O)C8O)C7O)C(O)C6O)C(C)(C)C5CCC4(C)C2(C)CC3O)C1O. The van der Waals surface area contributed by atoms with Crippen LogP contribution in [-0.2, 0) is 90.1 Å². The lowest BCUT2D eigenvalue weighted by Crippen LogP contribution is -2.68. The van der Waals surface area contributed by atoms with Gasteiger partial charge in [0.05, 0.1) is 70.2 Å². The van der Waals surface area contributed by atoms with Crippen LogP contribution in [0.4, 0.5) is 0 Å². The van der Waals surface area contributed by atoms with Crippen molar-refractivity contribution >= 4 is 11.9 Å². The molecule has 12 fully saturated rings. The Labute approximate surface area is 723 Å². The van der Waals surface area contributed by atoms with Crippen molar-refractivity contribution in [2.45, 2.75) is 379 Å². The number of hydrogen-bond acceptors (Lipinski definition) is 41. The number of allylic oxidation sites excluding steroid dienone is 3. The van der Waals surface area contributed by atoms with Crippen LogP contribution in [0.15, 0.2) is 36.0 Å². The van der Waals surface area contributed by atoms with E-state index in [0.29, 0.717) is 44.9 Å². The fraction of sp³-hybridized carbons (Fsp3) is 0.905. The minimum atomic E-state index is -2.15. The van der Waals surface area contributed by atoms with Crippen LogP contribution in [-0.4, -0.2) is 410 Å². The van der Waals surface area contributed by atoms with Gasteiger partial charge in [0, 0.05) is 5.57 Å². The van der Waals surface area contributed by atoms with Gasteiger partial charge in [0.2, 0.25) is 6.29 Å². The third-order valence-corrected chi connectivity index (χ3v) is 30.4. The molecule has 0 bridgehead atoms. The molecule has 0 spiro atoms. The third-order valence-electron chi connectivity index (χ3n) is 30.4. The van der Waals surface area contributed by atoms with E-state index in [2.05, 4.69) is 61.1 Å². The Morgan fingerprint density at radius 3 is 1.65 bits per heavy atom. The molecule has 5 aliphatic carbocycles. The Hall–Kier alpha value is -3.32. The van der Waals surface area contributed by atoms with E-state index in [1.54, 1.807) is 0 Å². The summed E-state index contributed by atoms with van der Waals surface area (Å²) in [5.41, 5.74) is -4.78. The number of hydrogen-bond donors (Lipinski definition) is 22. The number of aliphatic hydroxyl groups excluding tert-OH is 21. The Balaban J connectivity index is 0.719. The molecular weight excluding hydrogens is 1660 g/mol. The van der Waals surface area contributed by atoms with Crippen molar-refractivity contribution in [3.05, 3.63) is 36.0 Å². The van der Waals surface area contributed by atoms with Crippen molar-refractivity contribution in [2.24, 2.45) is 50.2 Å². The van der Waals surface area contributed by atoms with Gasteiger partial charge in [0.1, 0.15) is 158 Å². The van der Waals surface area contributed by atoms with E-state index in [0.717, 1.165) is 5.57 Å². The molecule has 716 valence electrons. The van der Waals surface area contributed by atoms with E-state index in [1.165, 1.54) is 32.9 Å².